The largest absolute Gasteiger partial charge is 0.367 e. The first kappa shape index (κ1) is 9.03. The smallest absolute Gasteiger partial charge is 0.154 e. The van der Waals surface area contributed by atoms with Crippen molar-refractivity contribution in [2.45, 2.75) is 6.42 Å². The minimum absolute atomic E-state index is 0.819. The molecule has 10 heavy (non-hydrogen) atoms. The van der Waals surface area contributed by atoms with Gasteiger partial charge in [0.2, 0.25) is 0 Å². The molecule has 1 aliphatic heterocycles. The van der Waals surface area contributed by atoms with Crippen LogP contribution < -0.4 is 5.32 Å². The van der Waals surface area contributed by atoms with Crippen LogP contribution in [0.3, 0.4) is 0 Å². The Kier molecular flexibility index (Phi) is 5.56. The maximum absolute atomic E-state index is 8.70. The highest BCUT2D eigenvalue weighted by Gasteiger charge is 2.01. The quantitative estimate of drug-likeness (QED) is 0.412. The normalized spacial score (nSPS) is 15.5. The van der Waals surface area contributed by atoms with Gasteiger partial charge in [-0.3, -0.25) is 0 Å². The van der Waals surface area contributed by atoms with E-state index in [0.29, 0.717) is 0 Å². The molecule has 5 heteroatoms. The Morgan fingerprint density at radius 2 is 2.40 bits per heavy atom. The molecule has 1 saturated heterocycles. The second kappa shape index (κ2) is 6.15. The summed E-state index contributed by atoms with van der Waals surface area (Å²) in [5.41, 5.74) is 0.843. The van der Waals surface area contributed by atoms with Gasteiger partial charge in [-0.15, -0.1) is 4.91 Å². The van der Waals surface area contributed by atoms with Crippen LogP contribution in [-0.4, -0.2) is 25.9 Å². The molecule has 0 spiro atoms. The predicted octanol–water partition coefficient (Wildman–Crippen LogP) is 0.314. The van der Waals surface area contributed by atoms with Crippen molar-refractivity contribution in [2.75, 3.05) is 20.2 Å². The van der Waals surface area contributed by atoms with Crippen molar-refractivity contribution in [2.24, 2.45) is 5.34 Å². The molecule has 1 rings (SSSR count). The zero-order chi connectivity index (χ0) is 7.82. The zero-order valence-corrected chi connectivity index (χ0v) is 5.89. The Hall–Kier alpha value is -0.970. The van der Waals surface area contributed by atoms with E-state index in [1.54, 1.807) is 0 Å². The third-order valence-electron chi connectivity index (χ3n) is 1.02. The molecule has 58 valence electrons. The average molecular weight is 145 g/mol. The first-order chi connectivity index (χ1) is 4.81. The maximum Gasteiger partial charge on any atom is 0.154 e. The van der Waals surface area contributed by atoms with E-state index >= 15 is 0 Å². The molecule has 0 aromatic heterocycles. The molecule has 1 fully saturated rings. The minimum Gasteiger partial charge on any atom is -0.367 e. The molecular weight excluding hydrogens is 134 g/mol. The van der Waals surface area contributed by atoms with E-state index < -0.39 is 0 Å². The van der Waals surface area contributed by atoms with E-state index in [0.717, 1.165) is 25.2 Å². The average Bonchev–Trinajstić information content (AvgIpc) is 2.40. The van der Waals surface area contributed by atoms with Crippen LogP contribution in [0.25, 0.3) is 0 Å². The molecule has 0 aromatic carbocycles. The topological polar surface area (TPSA) is 74.5 Å². The van der Waals surface area contributed by atoms with Crippen molar-refractivity contribution < 1.29 is 4.84 Å². The van der Waals surface area contributed by atoms with Crippen molar-refractivity contribution in [3.05, 3.63) is 4.91 Å². The van der Waals surface area contributed by atoms with E-state index in [4.69, 9.17) is 10.3 Å². The Morgan fingerprint density at radius 3 is 2.50 bits per heavy atom. The van der Waals surface area contributed by atoms with Crippen molar-refractivity contribution in [1.29, 1.82) is 5.41 Å². The molecule has 0 amide bonds. The molecule has 0 bridgehead atoms. The lowest BCUT2D eigenvalue weighted by Gasteiger charge is -1.78. The fourth-order valence-electron chi connectivity index (χ4n) is 0.567. The molecule has 0 unspecified atom stereocenters. The van der Waals surface area contributed by atoms with E-state index in [1.807, 2.05) is 5.34 Å². The van der Waals surface area contributed by atoms with Crippen LogP contribution in [-0.2, 0) is 4.84 Å². The van der Waals surface area contributed by atoms with Gasteiger partial charge >= 0.3 is 0 Å². The monoisotopic (exact) mass is 145 g/mol. The van der Waals surface area contributed by atoms with Gasteiger partial charge in [-0.05, 0) is 6.42 Å². The van der Waals surface area contributed by atoms with Crippen molar-refractivity contribution in [1.82, 2.24) is 5.32 Å². The van der Waals surface area contributed by atoms with Gasteiger partial charge in [0, 0.05) is 18.8 Å². The minimum atomic E-state index is 0.819. The molecule has 0 aromatic rings. The summed E-state index contributed by atoms with van der Waals surface area (Å²) < 4.78 is 0. The van der Waals surface area contributed by atoms with Gasteiger partial charge in [-0.2, -0.15) is 0 Å². The van der Waals surface area contributed by atoms with E-state index in [-0.39, 0.29) is 0 Å². The molecular formula is C5H11N3O2. The van der Waals surface area contributed by atoms with Crippen LogP contribution in [0.4, 0.5) is 0 Å². The molecule has 1 aliphatic rings. The van der Waals surface area contributed by atoms with Crippen molar-refractivity contribution in [3.8, 4) is 0 Å². The van der Waals surface area contributed by atoms with E-state index in [2.05, 4.69) is 10.2 Å². The summed E-state index contributed by atoms with van der Waals surface area (Å²) in [5.74, 6) is 0. The highest BCUT2D eigenvalue weighted by Crippen LogP contribution is 1.86. The SMILES string of the molecule is CON=O.N=C1CCNC1. The second-order valence-corrected chi connectivity index (χ2v) is 1.79. The standard InChI is InChI=1S/C4H8N2.CH3NO2/c5-4-1-2-6-3-4;1-4-2-3/h5-6H,1-3H2;1H3. The van der Waals surface area contributed by atoms with Crippen LogP contribution >= 0.6 is 0 Å². The summed E-state index contributed by atoms with van der Waals surface area (Å²) in [6.45, 7) is 1.83. The van der Waals surface area contributed by atoms with Gasteiger partial charge in [0.25, 0.3) is 0 Å². The summed E-state index contributed by atoms with van der Waals surface area (Å²) in [6.07, 6.45) is 0.958. The summed E-state index contributed by atoms with van der Waals surface area (Å²) >= 11 is 0. The van der Waals surface area contributed by atoms with Crippen LogP contribution in [0.15, 0.2) is 5.34 Å². The fourth-order valence-corrected chi connectivity index (χ4v) is 0.567. The lowest BCUT2D eigenvalue weighted by molar-refractivity contribution is 0.208. The number of rotatable bonds is 1. The van der Waals surface area contributed by atoms with Crippen molar-refractivity contribution in [3.63, 3.8) is 0 Å². The van der Waals surface area contributed by atoms with Gasteiger partial charge in [0.1, 0.15) is 7.11 Å². The highest BCUT2D eigenvalue weighted by molar-refractivity contribution is 5.85. The summed E-state index contributed by atoms with van der Waals surface area (Å²) in [7, 11) is 1.20. The Labute approximate surface area is 59.2 Å². The summed E-state index contributed by atoms with van der Waals surface area (Å²) in [6, 6.07) is 0. The molecule has 5 nitrogen and oxygen atoms in total. The molecule has 2 N–H and O–H groups in total. The summed E-state index contributed by atoms with van der Waals surface area (Å²) in [5, 5.41) is 12.0. The van der Waals surface area contributed by atoms with Gasteiger partial charge in [0.15, 0.2) is 5.34 Å². The maximum atomic E-state index is 8.70. The number of hydrogen-bond acceptors (Lipinski definition) is 5. The van der Waals surface area contributed by atoms with Crippen LogP contribution in [0.1, 0.15) is 6.42 Å². The van der Waals surface area contributed by atoms with Crippen LogP contribution in [0, 0.1) is 10.3 Å². The lowest BCUT2D eigenvalue weighted by Crippen LogP contribution is -2.07. The first-order valence-electron chi connectivity index (χ1n) is 2.94. The molecule has 0 saturated carbocycles. The Morgan fingerprint density at radius 1 is 1.80 bits per heavy atom. The lowest BCUT2D eigenvalue weighted by atomic mass is 10.3. The second-order valence-electron chi connectivity index (χ2n) is 1.79. The van der Waals surface area contributed by atoms with Gasteiger partial charge < -0.3 is 15.6 Å². The Bertz CT molecular complexity index is 107. The first-order valence-corrected chi connectivity index (χ1v) is 2.94. The fraction of sp³-hybridized carbons (Fsp3) is 0.800. The van der Waals surface area contributed by atoms with Gasteiger partial charge in [-0.25, -0.2) is 0 Å². The summed E-state index contributed by atoms with van der Waals surface area (Å²) in [4.78, 5) is 12.3. The van der Waals surface area contributed by atoms with Crippen molar-refractivity contribution >= 4 is 5.71 Å². The van der Waals surface area contributed by atoms with E-state index in [1.165, 1.54) is 7.11 Å². The van der Waals surface area contributed by atoms with Crippen LogP contribution in [0.5, 0.6) is 0 Å². The molecule has 0 radical (unpaired) electrons. The third kappa shape index (κ3) is 5.17. The predicted molar refractivity (Wildman–Crippen MR) is 38.0 cm³/mol. The molecule has 0 aliphatic carbocycles. The van der Waals surface area contributed by atoms with Gasteiger partial charge in [0.05, 0.1) is 0 Å². The third-order valence-corrected chi connectivity index (χ3v) is 1.02. The molecule has 1 heterocycles. The van der Waals surface area contributed by atoms with Crippen LogP contribution in [0.2, 0.25) is 0 Å². The zero-order valence-electron chi connectivity index (χ0n) is 5.89. The number of nitrogens with one attached hydrogen (secondary N) is 2. The molecule has 0 atom stereocenters. The van der Waals surface area contributed by atoms with Gasteiger partial charge in [-0.1, -0.05) is 0 Å². The van der Waals surface area contributed by atoms with E-state index in [9.17, 15) is 0 Å². The Balaban J connectivity index is 0.000000180. The highest BCUT2D eigenvalue weighted by atomic mass is 16.7. The number of nitrogens with zero attached hydrogens (tertiary/aromatic N) is 1. The number of hydrogen-bond donors (Lipinski definition) is 2.